The summed E-state index contributed by atoms with van der Waals surface area (Å²) in [5, 5.41) is 6.57. The molecule has 0 heterocycles. The number of carbonyl (C=O) groups is 2. The normalized spacial score (nSPS) is 10.6. The fourth-order valence-corrected chi connectivity index (χ4v) is 2.72. The fraction of sp³-hybridized carbons (Fsp3) is 0.0870. The second-order valence-corrected chi connectivity index (χ2v) is 6.82. The highest BCUT2D eigenvalue weighted by Gasteiger charge is 2.14. The zero-order valence-electron chi connectivity index (χ0n) is 16.3. The van der Waals surface area contributed by atoms with E-state index < -0.39 is 11.8 Å². The summed E-state index contributed by atoms with van der Waals surface area (Å²) in [7, 11) is 0. The predicted octanol–water partition coefficient (Wildman–Crippen LogP) is 4.32. The van der Waals surface area contributed by atoms with Crippen LogP contribution in [0.15, 0.2) is 77.9 Å². The molecule has 0 aliphatic heterocycles. The van der Waals surface area contributed by atoms with Gasteiger partial charge in [0.15, 0.2) is 0 Å². The minimum atomic E-state index is -0.899. The highest BCUT2D eigenvalue weighted by molar-refractivity contribution is 6.41. The highest BCUT2D eigenvalue weighted by Crippen LogP contribution is 2.20. The summed E-state index contributed by atoms with van der Waals surface area (Å²) in [6, 6.07) is 21.9. The van der Waals surface area contributed by atoms with Crippen molar-refractivity contribution in [3.8, 4) is 5.75 Å². The van der Waals surface area contributed by atoms with Crippen molar-refractivity contribution >= 4 is 35.3 Å². The smallest absolute Gasteiger partial charge is 0.329 e. The number of amides is 2. The molecule has 2 N–H and O–H groups in total. The van der Waals surface area contributed by atoms with Crippen LogP contribution in [0.2, 0.25) is 5.02 Å². The Morgan fingerprint density at radius 3 is 2.40 bits per heavy atom. The topological polar surface area (TPSA) is 79.8 Å². The molecule has 0 bridgehead atoms. The summed E-state index contributed by atoms with van der Waals surface area (Å²) in [6.45, 7) is 2.53. The van der Waals surface area contributed by atoms with Crippen LogP contribution < -0.4 is 15.5 Å². The molecule has 0 unspecified atom stereocenters. The molecule has 0 saturated heterocycles. The van der Waals surface area contributed by atoms with E-state index in [0.717, 1.165) is 16.9 Å². The average molecular weight is 422 g/mol. The molecule has 0 aromatic heterocycles. The second-order valence-electron chi connectivity index (χ2n) is 6.42. The van der Waals surface area contributed by atoms with Gasteiger partial charge < -0.3 is 10.1 Å². The Morgan fingerprint density at radius 2 is 1.67 bits per heavy atom. The van der Waals surface area contributed by atoms with Crippen molar-refractivity contribution in [2.24, 2.45) is 5.10 Å². The Bertz CT molecular complexity index is 1070. The lowest BCUT2D eigenvalue weighted by Crippen LogP contribution is -2.32. The number of hydrogen-bond donors (Lipinski definition) is 2. The molecule has 3 aromatic rings. The molecule has 0 radical (unpaired) electrons. The van der Waals surface area contributed by atoms with Crippen LogP contribution in [0.5, 0.6) is 5.75 Å². The third-order valence-corrected chi connectivity index (χ3v) is 4.57. The largest absolute Gasteiger partial charge is 0.489 e. The molecule has 7 heteroatoms. The highest BCUT2D eigenvalue weighted by atomic mass is 35.5. The molecular formula is C23H20ClN3O3. The number of rotatable bonds is 6. The van der Waals surface area contributed by atoms with E-state index in [1.807, 2.05) is 43.3 Å². The number of carbonyl (C=O) groups excluding carboxylic acids is 2. The maximum absolute atomic E-state index is 11.9. The van der Waals surface area contributed by atoms with Gasteiger partial charge in [-0.1, -0.05) is 48.0 Å². The molecule has 152 valence electrons. The molecule has 0 aliphatic carbocycles. The van der Waals surface area contributed by atoms with E-state index >= 15 is 0 Å². The molecule has 2 amide bonds. The summed E-state index contributed by atoms with van der Waals surface area (Å²) in [5.74, 6) is -1.04. The zero-order chi connectivity index (χ0) is 21.3. The number of ether oxygens (including phenoxy) is 1. The quantitative estimate of drug-likeness (QED) is 0.353. The molecule has 0 spiro atoms. The van der Waals surface area contributed by atoms with E-state index in [2.05, 4.69) is 15.8 Å². The number of benzene rings is 3. The first-order valence-corrected chi connectivity index (χ1v) is 9.57. The first kappa shape index (κ1) is 21.1. The SMILES string of the molecule is Cc1ccccc1COc1ccc(/C=N/NC(=O)C(=O)Nc2ccccc2Cl)cc1. The third-order valence-electron chi connectivity index (χ3n) is 4.24. The van der Waals surface area contributed by atoms with Gasteiger partial charge in [-0.2, -0.15) is 5.10 Å². The van der Waals surface area contributed by atoms with Gasteiger partial charge in [0, 0.05) is 0 Å². The van der Waals surface area contributed by atoms with Crippen molar-refractivity contribution in [3.05, 3.63) is 94.5 Å². The van der Waals surface area contributed by atoms with Crippen LogP contribution >= 0.6 is 11.6 Å². The van der Waals surface area contributed by atoms with Gasteiger partial charge in [-0.15, -0.1) is 0 Å². The molecule has 6 nitrogen and oxygen atoms in total. The van der Waals surface area contributed by atoms with Gasteiger partial charge in [0.2, 0.25) is 0 Å². The van der Waals surface area contributed by atoms with Crippen molar-refractivity contribution in [1.29, 1.82) is 0 Å². The van der Waals surface area contributed by atoms with E-state index in [1.54, 1.807) is 36.4 Å². The Morgan fingerprint density at radius 1 is 0.967 bits per heavy atom. The van der Waals surface area contributed by atoms with Gasteiger partial charge in [0.1, 0.15) is 12.4 Å². The van der Waals surface area contributed by atoms with Crippen molar-refractivity contribution in [3.63, 3.8) is 0 Å². The monoisotopic (exact) mass is 421 g/mol. The second kappa shape index (κ2) is 10.2. The maximum atomic E-state index is 11.9. The number of halogens is 1. The molecule has 0 aliphatic rings. The number of hydrazone groups is 1. The minimum Gasteiger partial charge on any atom is -0.489 e. The number of nitrogens with one attached hydrogen (secondary N) is 2. The van der Waals surface area contributed by atoms with Crippen LogP contribution in [0.25, 0.3) is 0 Å². The lowest BCUT2D eigenvalue weighted by atomic mass is 10.1. The van der Waals surface area contributed by atoms with Gasteiger partial charge in [0.05, 0.1) is 16.9 Å². The van der Waals surface area contributed by atoms with Crippen molar-refractivity contribution in [2.45, 2.75) is 13.5 Å². The van der Waals surface area contributed by atoms with Crippen LogP contribution in [0, 0.1) is 6.92 Å². The van der Waals surface area contributed by atoms with Crippen molar-refractivity contribution in [2.75, 3.05) is 5.32 Å². The van der Waals surface area contributed by atoms with Gasteiger partial charge in [-0.05, 0) is 60.0 Å². The average Bonchev–Trinajstić information content (AvgIpc) is 2.75. The van der Waals surface area contributed by atoms with Crippen LogP contribution in [-0.2, 0) is 16.2 Å². The van der Waals surface area contributed by atoms with Crippen LogP contribution in [0.3, 0.4) is 0 Å². The number of hydrogen-bond acceptors (Lipinski definition) is 4. The summed E-state index contributed by atoms with van der Waals surface area (Å²) >= 11 is 5.95. The van der Waals surface area contributed by atoms with E-state index in [-0.39, 0.29) is 0 Å². The Balaban J connectivity index is 1.49. The Kier molecular flexibility index (Phi) is 7.19. The number of nitrogens with zero attached hydrogens (tertiary/aromatic N) is 1. The fourth-order valence-electron chi connectivity index (χ4n) is 2.54. The summed E-state index contributed by atoms with van der Waals surface area (Å²) < 4.78 is 5.79. The molecule has 0 fully saturated rings. The number of aryl methyl sites for hydroxylation is 1. The summed E-state index contributed by atoms with van der Waals surface area (Å²) in [4.78, 5) is 23.7. The lowest BCUT2D eigenvalue weighted by Gasteiger charge is -2.08. The minimum absolute atomic E-state index is 0.340. The van der Waals surface area contributed by atoms with Crippen LogP contribution in [0.4, 0.5) is 5.69 Å². The molecule has 0 atom stereocenters. The first-order valence-electron chi connectivity index (χ1n) is 9.19. The van der Waals surface area contributed by atoms with E-state index in [9.17, 15) is 9.59 Å². The van der Waals surface area contributed by atoms with Crippen molar-refractivity contribution < 1.29 is 14.3 Å². The van der Waals surface area contributed by atoms with Gasteiger partial charge in [-0.3, -0.25) is 9.59 Å². The first-order chi connectivity index (χ1) is 14.5. The molecule has 3 rings (SSSR count). The third kappa shape index (κ3) is 5.93. The zero-order valence-corrected chi connectivity index (χ0v) is 17.0. The predicted molar refractivity (Wildman–Crippen MR) is 118 cm³/mol. The van der Waals surface area contributed by atoms with Crippen LogP contribution in [-0.4, -0.2) is 18.0 Å². The van der Waals surface area contributed by atoms with Gasteiger partial charge in [-0.25, -0.2) is 5.43 Å². The lowest BCUT2D eigenvalue weighted by molar-refractivity contribution is -0.136. The summed E-state index contributed by atoms with van der Waals surface area (Å²) in [6.07, 6.45) is 1.44. The molecule has 3 aromatic carbocycles. The summed E-state index contributed by atoms with van der Waals surface area (Å²) in [5.41, 5.74) is 5.58. The number of anilines is 1. The van der Waals surface area contributed by atoms with E-state index in [1.165, 1.54) is 11.8 Å². The van der Waals surface area contributed by atoms with E-state index in [4.69, 9.17) is 16.3 Å². The van der Waals surface area contributed by atoms with Gasteiger partial charge >= 0.3 is 11.8 Å². The van der Waals surface area contributed by atoms with Crippen LogP contribution in [0.1, 0.15) is 16.7 Å². The van der Waals surface area contributed by atoms with Crippen molar-refractivity contribution in [1.82, 2.24) is 5.43 Å². The Hall–Kier alpha value is -3.64. The Labute approximate surface area is 179 Å². The number of para-hydroxylation sites is 1. The van der Waals surface area contributed by atoms with E-state index in [0.29, 0.717) is 17.3 Å². The standard InChI is InChI=1S/C23H20ClN3O3/c1-16-6-2-3-7-18(16)15-30-19-12-10-17(11-13-19)14-25-27-23(29)22(28)26-21-9-5-4-8-20(21)24/h2-14H,15H2,1H3,(H,26,28)(H,27,29)/b25-14+. The molecule has 30 heavy (non-hydrogen) atoms. The van der Waals surface area contributed by atoms with Gasteiger partial charge in [0.25, 0.3) is 0 Å². The maximum Gasteiger partial charge on any atom is 0.329 e. The molecule has 0 saturated carbocycles. The molecular weight excluding hydrogens is 402 g/mol.